The van der Waals surface area contributed by atoms with Gasteiger partial charge in [-0.1, -0.05) is 11.6 Å². The van der Waals surface area contributed by atoms with Crippen LogP contribution in [0.15, 0.2) is 39.7 Å². The first kappa shape index (κ1) is 14.0. The molecule has 2 aromatic heterocycles. The van der Waals surface area contributed by atoms with E-state index in [1.54, 1.807) is 18.2 Å². The summed E-state index contributed by atoms with van der Waals surface area (Å²) in [5.74, 6) is 0.827. The summed E-state index contributed by atoms with van der Waals surface area (Å²) in [5.41, 5.74) is 1.86. The SMILES string of the molecule is O=C(Nc1ccc2oc(C3CC3)nc2c1)c1c[nH]c(=O)c(Cl)c1. The van der Waals surface area contributed by atoms with Gasteiger partial charge in [0, 0.05) is 17.8 Å². The number of oxazole rings is 1. The van der Waals surface area contributed by atoms with Crippen molar-refractivity contribution < 1.29 is 9.21 Å². The van der Waals surface area contributed by atoms with E-state index in [-0.39, 0.29) is 16.5 Å². The molecular weight excluding hydrogens is 318 g/mol. The van der Waals surface area contributed by atoms with E-state index in [4.69, 9.17) is 16.0 Å². The Bertz CT molecular complexity index is 972. The maximum Gasteiger partial charge on any atom is 0.266 e. The topological polar surface area (TPSA) is 88.0 Å². The molecule has 1 aromatic carbocycles. The minimum Gasteiger partial charge on any atom is -0.440 e. The highest BCUT2D eigenvalue weighted by Crippen LogP contribution is 2.40. The number of aromatic amines is 1. The Morgan fingerprint density at radius 1 is 1.35 bits per heavy atom. The number of H-pyrrole nitrogens is 1. The molecule has 1 aliphatic carbocycles. The molecule has 1 aliphatic rings. The Morgan fingerprint density at radius 2 is 2.17 bits per heavy atom. The van der Waals surface area contributed by atoms with Crippen LogP contribution in [0.4, 0.5) is 5.69 Å². The second kappa shape index (κ2) is 5.24. The third-order valence-corrected chi connectivity index (χ3v) is 3.99. The van der Waals surface area contributed by atoms with Gasteiger partial charge in [0.2, 0.25) is 0 Å². The van der Waals surface area contributed by atoms with Gasteiger partial charge in [0.1, 0.15) is 10.5 Å². The Labute approximate surface area is 135 Å². The molecule has 1 fully saturated rings. The standard InChI is InChI=1S/C16H12ClN3O3/c17-11-5-9(7-18-15(11)22)14(21)19-10-3-4-13-12(6-10)20-16(23-13)8-1-2-8/h3-8H,1-2H2,(H,18,22)(H,19,21). The van der Waals surface area contributed by atoms with Gasteiger partial charge in [-0.2, -0.15) is 0 Å². The molecule has 0 unspecified atom stereocenters. The number of anilines is 1. The van der Waals surface area contributed by atoms with Crippen molar-refractivity contribution >= 4 is 34.3 Å². The first-order chi connectivity index (χ1) is 11.1. The Kier molecular flexibility index (Phi) is 3.20. The lowest BCUT2D eigenvalue weighted by atomic mass is 10.2. The monoisotopic (exact) mass is 329 g/mol. The van der Waals surface area contributed by atoms with Crippen molar-refractivity contribution in [3.63, 3.8) is 0 Å². The van der Waals surface area contributed by atoms with Crippen LogP contribution in [0.25, 0.3) is 11.1 Å². The predicted molar refractivity (Wildman–Crippen MR) is 86.0 cm³/mol. The van der Waals surface area contributed by atoms with Crippen LogP contribution in [-0.4, -0.2) is 15.9 Å². The van der Waals surface area contributed by atoms with Crippen LogP contribution in [0, 0.1) is 0 Å². The van der Waals surface area contributed by atoms with Gasteiger partial charge in [-0.05, 0) is 37.1 Å². The van der Waals surface area contributed by atoms with Gasteiger partial charge in [0.05, 0.1) is 5.56 Å². The van der Waals surface area contributed by atoms with E-state index < -0.39 is 5.56 Å². The van der Waals surface area contributed by atoms with E-state index >= 15 is 0 Å². The number of nitrogens with zero attached hydrogens (tertiary/aromatic N) is 1. The molecule has 0 bridgehead atoms. The van der Waals surface area contributed by atoms with Gasteiger partial charge >= 0.3 is 0 Å². The summed E-state index contributed by atoms with van der Waals surface area (Å²) >= 11 is 5.73. The molecule has 1 saturated carbocycles. The summed E-state index contributed by atoms with van der Waals surface area (Å²) in [4.78, 5) is 30.3. The zero-order valence-electron chi connectivity index (χ0n) is 11.9. The van der Waals surface area contributed by atoms with E-state index in [9.17, 15) is 9.59 Å². The minimum atomic E-state index is -0.431. The third-order valence-electron chi connectivity index (χ3n) is 3.71. The molecule has 0 radical (unpaired) electrons. The quantitative estimate of drug-likeness (QED) is 0.771. The van der Waals surface area contributed by atoms with Gasteiger partial charge in [-0.25, -0.2) is 4.98 Å². The third kappa shape index (κ3) is 2.73. The highest BCUT2D eigenvalue weighted by molar-refractivity contribution is 6.30. The summed E-state index contributed by atoms with van der Waals surface area (Å²) in [6, 6.07) is 6.62. The lowest BCUT2D eigenvalue weighted by molar-refractivity contribution is 0.102. The number of pyridine rings is 1. The van der Waals surface area contributed by atoms with Crippen LogP contribution in [0.3, 0.4) is 0 Å². The number of hydrogen-bond donors (Lipinski definition) is 2. The van der Waals surface area contributed by atoms with Crippen LogP contribution in [0.2, 0.25) is 5.02 Å². The van der Waals surface area contributed by atoms with Gasteiger partial charge in [0.15, 0.2) is 11.5 Å². The smallest absolute Gasteiger partial charge is 0.266 e. The highest BCUT2D eigenvalue weighted by atomic mass is 35.5. The average Bonchev–Trinajstić information content (AvgIpc) is 3.30. The maximum absolute atomic E-state index is 12.2. The highest BCUT2D eigenvalue weighted by Gasteiger charge is 2.28. The van der Waals surface area contributed by atoms with Crippen LogP contribution in [0.5, 0.6) is 0 Å². The van der Waals surface area contributed by atoms with E-state index in [1.165, 1.54) is 12.3 Å². The predicted octanol–water partition coefficient (Wildman–Crippen LogP) is 3.30. The molecule has 0 aliphatic heterocycles. The van der Waals surface area contributed by atoms with Crippen molar-refractivity contribution in [2.45, 2.75) is 18.8 Å². The minimum absolute atomic E-state index is 0.0290. The molecule has 116 valence electrons. The van der Waals surface area contributed by atoms with Gasteiger partial charge < -0.3 is 14.7 Å². The molecule has 0 saturated heterocycles. The van der Waals surface area contributed by atoms with Crippen molar-refractivity contribution in [2.75, 3.05) is 5.32 Å². The van der Waals surface area contributed by atoms with E-state index in [1.807, 2.05) is 0 Å². The number of halogens is 1. The zero-order chi connectivity index (χ0) is 16.0. The van der Waals surface area contributed by atoms with Gasteiger partial charge in [0.25, 0.3) is 11.5 Å². The summed E-state index contributed by atoms with van der Waals surface area (Å²) in [7, 11) is 0. The van der Waals surface area contributed by atoms with Gasteiger partial charge in [-0.3, -0.25) is 9.59 Å². The first-order valence-electron chi connectivity index (χ1n) is 7.20. The largest absolute Gasteiger partial charge is 0.440 e. The molecule has 2 N–H and O–H groups in total. The summed E-state index contributed by atoms with van der Waals surface area (Å²) in [6.45, 7) is 0. The van der Waals surface area contributed by atoms with Crippen molar-refractivity contribution in [2.24, 2.45) is 0 Å². The molecule has 2 heterocycles. The number of fused-ring (bicyclic) bond motifs is 1. The number of carbonyl (C=O) groups excluding carboxylic acids is 1. The summed E-state index contributed by atoms with van der Waals surface area (Å²) in [5, 5.41) is 2.72. The van der Waals surface area contributed by atoms with E-state index in [0.717, 1.165) is 18.7 Å². The fraction of sp³-hybridized carbons (Fsp3) is 0.188. The normalized spacial score (nSPS) is 14.1. The van der Waals surface area contributed by atoms with E-state index in [0.29, 0.717) is 22.7 Å². The molecular formula is C16H12ClN3O3. The average molecular weight is 330 g/mol. The van der Waals surface area contributed by atoms with Crippen LogP contribution < -0.4 is 10.9 Å². The van der Waals surface area contributed by atoms with Crippen molar-refractivity contribution in [1.82, 2.24) is 9.97 Å². The van der Waals surface area contributed by atoms with Crippen molar-refractivity contribution in [3.05, 3.63) is 57.3 Å². The first-order valence-corrected chi connectivity index (χ1v) is 7.58. The van der Waals surface area contributed by atoms with E-state index in [2.05, 4.69) is 15.3 Å². The van der Waals surface area contributed by atoms with Crippen molar-refractivity contribution in [3.8, 4) is 0 Å². The number of hydrogen-bond acceptors (Lipinski definition) is 4. The molecule has 1 amide bonds. The van der Waals surface area contributed by atoms with Crippen LogP contribution in [-0.2, 0) is 0 Å². The zero-order valence-corrected chi connectivity index (χ0v) is 12.7. The molecule has 3 aromatic rings. The number of carbonyl (C=O) groups is 1. The molecule has 0 spiro atoms. The Morgan fingerprint density at radius 3 is 2.91 bits per heavy atom. The lowest BCUT2D eigenvalue weighted by Gasteiger charge is -2.05. The second-order valence-corrected chi connectivity index (χ2v) is 5.94. The fourth-order valence-corrected chi connectivity index (χ4v) is 2.49. The van der Waals surface area contributed by atoms with Crippen LogP contribution >= 0.6 is 11.6 Å². The molecule has 7 heteroatoms. The lowest BCUT2D eigenvalue weighted by Crippen LogP contribution is -2.15. The van der Waals surface area contributed by atoms with Crippen LogP contribution in [0.1, 0.15) is 35.0 Å². The second-order valence-electron chi connectivity index (χ2n) is 5.53. The molecule has 4 rings (SSSR count). The Hall–Kier alpha value is -2.60. The Balaban J connectivity index is 1.59. The summed E-state index contributed by atoms with van der Waals surface area (Å²) < 4.78 is 5.68. The maximum atomic E-state index is 12.2. The number of aromatic nitrogens is 2. The molecule has 0 atom stereocenters. The molecule has 23 heavy (non-hydrogen) atoms. The molecule has 6 nitrogen and oxygen atoms in total. The number of rotatable bonds is 3. The fourth-order valence-electron chi connectivity index (χ4n) is 2.32. The summed E-state index contributed by atoms with van der Waals surface area (Å²) in [6.07, 6.45) is 3.55. The van der Waals surface area contributed by atoms with Gasteiger partial charge in [-0.15, -0.1) is 0 Å². The van der Waals surface area contributed by atoms with Crippen molar-refractivity contribution in [1.29, 1.82) is 0 Å². The number of nitrogens with one attached hydrogen (secondary N) is 2. The number of benzene rings is 1. The number of amides is 1.